The van der Waals surface area contributed by atoms with Gasteiger partial charge in [0.1, 0.15) is 6.61 Å². The third-order valence-corrected chi connectivity index (χ3v) is 5.95. The van der Waals surface area contributed by atoms with Gasteiger partial charge in [-0.1, -0.05) is 36.4 Å². The predicted molar refractivity (Wildman–Crippen MR) is 117 cm³/mol. The van der Waals surface area contributed by atoms with Crippen molar-refractivity contribution in [3.05, 3.63) is 59.7 Å². The number of hydrogen-bond donors (Lipinski definition) is 1. The Morgan fingerprint density at radius 1 is 1.00 bits per heavy atom. The third kappa shape index (κ3) is 5.99. The molecular weight excluding hydrogens is 394 g/mol. The van der Waals surface area contributed by atoms with Crippen LogP contribution in [-0.2, 0) is 27.3 Å². The number of carbonyl (C=O) groups excluding carboxylic acids is 1. The van der Waals surface area contributed by atoms with Gasteiger partial charge in [0, 0.05) is 12.5 Å². The predicted octanol–water partition coefficient (Wildman–Crippen LogP) is 3.66. The summed E-state index contributed by atoms with van der Waals surface area (Å²) in [7, 11) is 1.63. The quantitative estimate of drug-likeness (QED) is 0.699. The Balaban J connectivity index is 1.28. The molecule has 1 amide bonds. The molecule has 1 aliphatic carbocycles. The van der Waals surface area contributed by atoms with E-state index in [2.05, 4.69) is 5.32 Å². The van der Waals surface area contributed by atoms with Crippen LogP contribution in [0.15, 0.2) is 48.5 Å². The fourth-order valence-electron chi connectivity index (χ4n) is 4.28. The van der Waals surface area contributed by atoms with Crippen molar-refractivity contribution in [2.45, 2.75) is 57.0 Å². The van der Waals surface area contributed by atoms with E-state index in [1.165, 1.54) is 0 Å². The van der Waals surface area contributed by atoms with Gasteiger partial charge in [-0.25, -0.2) is 0 Å². The fraction of sp³-hybridized carbons (Fsp3) is 0.480. The zero-order valence-corrected chi connectivity index (χ0v) is 18.0. The van der Waals surface area contributed by atoms with Gasteiger partial charge in [0.15, 0.2) is 11.5 Å². The number of hydrogen-bond acceptors (Lipinski definition) is 5. The SMILES string of the molecule is COc1ccc(CCC(=O)N[C@@H]2CC[C@@H]3OCCO[C@@H]3C2)cc1OCc1ccccc1. The molecule has 31 heavy (non-hydrogen) atoms. The van der Waals surface area contributed by atoms with Crippen molar-refractivity contribution in [1.82, 2.24) is 5.32 Å². The van der Waals surface area contributed by atoms with Crippen LogP contribution in [0.2, 0.25) is 0 Å². The molecule has 2 aromatic rings. The summed E-state index contributed by atoms with van der Waals surface area (Å²) in [5.74, 6) is 1.45. The molecule has 2 aliphatic rings. The second-order valence-corrected chi connectivity index (χ2v) is 8.16. The van der Waals surface area contributed by atoms with Crippen molar-refractivity contribution in [3.8, 4) is 11.5 Å². The lowest BCUT2D eigenvalue weighted by molar-refractivity contribution is -0.158. The second kappa shape index (κ2) is 10.6. The molecule has 1 saturated heterocycles. The number of aryl methyl sites for hydroxylation is 1. The van der Waals surface area contributed by atoms with Crippen LogP contribution in [0, 0.1) is 0 Å². The van der Waals surface area contributed by atoms with Gasteiger partial charge in [-0.3, -0.25) is 4.79 Å². The molecule has 0 radical (unpaired) electrons. The average Bonchev–Trinajstić information content (AvgIpc) is 2.82. The zero-order chi connectivity index (χ0) is 21.5. The lowest BCUT2D eigenvalue weighted by atomic mass is 9.89. The van der Waals surface area contributed by atoms with Crippen molar-refractivity contribution in [2.75, 3.05) is 20.3 Å². The maximum absolute atomic E-state index is 12.5. The van der Waals surface area contributed by atoms with E-state index in [4.69, 9.17) is 18.9 Å². The molecular formula is C25H31NO5. The molecule has 6 nitrogen and oxygen atoms in total. The van der Waals surface area contributed by atoms with E-state index in [9.17, 15) is 4.79 Å². The van der Waals surface area contributed by atoms with Crippen molar-refractivity contribution in [1.29, 1.82) is 0 Å². The Bertz CT molecular complexity index is 856. The number of carbonyl (C=O) groups is 1. The Labute approximate surface area is 183 Å². The minimum Gasteiger partial charge on any atom is -0.493 e. The van der Waals surface area contributed by atoms with E-state index in [0.29, 0.717) is 44.2 Å². The Morgan fingerprint density at radius 2 is 1.81 bits per heavy atom. The van der Waals surface area contributed by atoms with E-state index in [1.54, 1.807) is 7.11 Å². The first-order valence-corrected chi connectivity index (χ1v) is 11.1. The van der Waals surface area contributed by atoms with Crippen LogP contribution in [0.4, 0.5) is 0 Å². The first-order chi connectivity index (χ1) is 15.2. The van der Waals surface area contributed by atoms with Crippen LogP contribution >= 0.6 is 0 Å². The highest BCUT2D eigenvalue weighted by atomic mass is 16.6. The first kappa shape index (κ1) is 21.7. The number of amides is 1. The monoisotopic (exact) mass is 425 g/mol. The summed E-state index contributed by atoms with van der Waals surface area (Å²) < 4.78 is 23.0. The summed E-state index contributed by atoms with van der Waals surface area (Å²) in [6, 6.07) is 16.0. The minimum absolute atomic E-state index is 0.0720. The van der Waals surface area contributed by atoms with Crippen molar-refractivity contribution >= 4 is 5.91 Å². The van der Waals surface area contributed by atoms with Gasteiger partial charge in [0.25, 0.3) is 0 Å². The third-order valence-electron chi connectivity index (χ3n) is 5.95. The second-order valence-electron chi connectivity index (χ2n) is 8.16. The number of rotatable bonds is 8. The van der Waals surface area contributed by atoms with E-state index < -0.39 is 0 Å². The normalized spacial score (nSPS) is 22.9. The summed E-state index contributed by atoms with van der Waals surface area (Å²) in [6.07, 6.45) is 4.10. The first-order valence-electron chi connectivity index (χ1n) is 11.1. The van der Waals surface area contributed by atoms with Gasteiger partial charge >= 0.3 is 0 Å². The molecule has 3 atom stereocenters. The number of benzene rings is 2. The van der Waals surface area contributed by atoms with Crippen LogP contribution in [0.25, 0.3) is 0 Å². The summed E-state index contributed by atoms with van der Waals surface area (Å²) in [5.41, 5.74) is 2.14. The number of ether oxygens (including phenoxy) is 4. The summed E-state index contributed by atoms with van der Waals surface area (Å²) in [6.45, 7) is 1.79. The highest BCUT2D eigenvalue weighted by molar-refractivity contribution is 5.76. The topological polar surface area (TPSA) is 66.0 Å². The van der Waals surface area contributed by atoms with Gasteiger partial charge in [-0.15, -0.1) is 0 Å². The largest absolute Gasteiger partial charge is 0.493 e. The number of methoxy groups -OCH3 is 1. The lowest BCUT2D eigenvalue weighted by Crippen LogP contribution is -2.49. The Kier molecular flexibility index (Phi) is 7.43. The van der Waals surface area contributed by atoms with Crippen LogP contribution in [-0.4, -0.2) is 44.5 Å². The molecule has 166 valence electrons. The van der Waals surface area contributed by atoms with Crippen molar-refractivity contribution in [2.24, 2.45) is 0 Å². The van der Waals surface area contributed by atoms with E-state index in [1.807, 2.05) is 48.5 Å². The maximum Gasteiger partial charge on any atom is 0.220 e. The van der Waals surface area contributed by atoms with Crippen LogP contribution in [0.1, 0.15) is 36.8 Å². The molecule has 0 aromatic heterocycles. The van der Waals surface area contributed by atoms with Crippen LogP contribution in [0.5, 0.6) is 11.5 Å². The Hall–Kier alpha value is -2.57. The lowest BCUT2D eigenvalue weighted by Gasteiger charge is -2.39. The molecule has 2 aromatic carbocycles. The molecule has 0 unspecified atom stereocenters. The summed E-state index contributed by atoms with van der Waals surface area (Å²) in [4.78, 5) is 12.5. The minimum atomic E-state index is 0.0720. The van der Waals surface area contributed by atoms with Crippen LogP contribution in [0.3, 0.4) is 0 Å². The molecule has 0 bridgehead atoms. The van der Waals surface area contributed by atoms with Crippen molar-refractivity contribution < 1.29 is 23.7 Å². The van der Waals surface area contributed by atoms with E-state index >= 15 is 0 Å². The van der Waals surface area contributed by atoms with Gasteiger partial charge in [0.05, 0.1) is 32.5 Å². The zero-order valence-electron chi connectivity index (χ0n) is 18.0. The van der Waals surface area contributed by atoms with Crippen molar-refractivity contribution in [3.63, 3.8) is 0 Å². The summed E-state index contributed by atoms with van der Waals surface area (Å²) in [5, 5.41) is 3.18. The molecule has 1 aliphatic heterocycles. The van der Waals surface area contributed by atoms with Gasteiger partial charge in [-0.05, 0) is 48.9 Å². The highest BCUT2D eigenvalue weighted by Crippen LogP contribution is 2.30. The molecule has 0 spiro atoms. The summed E-state index contributed by atoms with van der Waals surface area (Å²) >= 11 is 0. The fourth-order valence-corrected chi connectivity index (χ4v) is 4.28. The molecule has 2 fully saturated rings. The molecule has 1 heterocycles. The standard InChI is InChI=1S/C25H31NO5/c1-28-21-10-7-18(15-23(21)31-17-19-5-3-2-4-6-19)8-12-25(27)26-20-9-11-22-24(16-20)30-14-13-29-22/h2-7,10,15,20,22,24H,8-9,11-14,16-17H2,1H3,(H,26,27)/t20-,22+,24-/m1/s1. The molecule has 1 saturated carbocycles. The van der Waals surface area contributed by atoms with Gasteiger partial charge < -0.3 is 24.3 Å². The maximum atomic E-state index is 12.5. The van der Waals surface area contributed by atoms with Crippen LogP contribution < -0.4 is 14.8 Å². The van der Waals surface area contributed by atoms with Gasteiger partial charge in [0.2, 0.25) is 5.91 Å². The number of nitrogens with one attached hydrogen (secondary N) is 1. The average molecular weight is 426 g/mol. The number of fused-ring (bicyclic) bond motifs is 1. The van der Waals surface area contributed by atoms with Gasteiger partial charge in [-0.2, -0.15) is 0 Å². The van der Waals surface area contributed by atoms with E-state index in [-0.39, 0.29) is 24.2 Å². The highest BCUT2D eigenvalue weighted by Gasteiger charge is 2.34. The smallest absolute Gasteiger partial charge is 0.220 e. The molecule has 6 heteroatoms. The Morgan fingerprint density at radius 3 is 2.61 bits per heavy atom. The van der Waals surface area contributed by atoms with E-state index in [0.717, 1.165) is 30.4 Å². The molecule has 1 N–H and O–H groups in total. The molecule has 4 rings (SSSR count).